The van der Waals surface area contributed by atoms with Crippen LogP contribution >= 0.6 is 24.0 Å². The first-order chi connectivity index (χ1) is 12.1. The van der Waals surface area contributed by atoms with E-state index in [1.165, 1.54) is 16.7 Å². The van der Waals surface area contributed by atoms with Crippen LogP contribution < -0.4 is 9.64 Å². The summed E-state index contributed by atoms with van der Waals surface area (Å²) in [5, 5.41) is 0. The van der Waals surface area contributed by atoms with Gasteiger partial charge in [-0.1, -0.05) is 72.5 Å². The van der Waals surface area contributed by atoms with E-state index in [0.717, 1.165) is 11.1 Å². The number of anilines is 1. The van der Waals surface area contributed by atoms with Crippen molar-refractivity contribution in [1.82, 2.24) is 0 Å². The summed E-state index contributed by atoms with van der Waals surface area (Å²) in [5.41, 5.74) is 2.75. The van der Waals surface area contributed by atoms with Crippen molar-refractivity contribution in [3.63, 3.8) is 0 Å². The molecular formula is C20H17NO2S2. The smallest absolute Gasteiger partial charge is 0.270 e. The Balaban J connectivity index is 1.90. The minimum absolute atomic E-state index is 0.125. The molecule has 126 valence electrons. The zero-order valence-corrected chi connectivity index (χ0v) is 15.6. The van der Waals surface area contributed by atoms with Crippen LogP contribution in [0.25, 0.3) is 6.08 Å². The highest BCUT2D eigenvalue weighted by molar-refractivity contribution is 8.27. The van der Waals surface area contributed by atoms with Crippen LogP contribution in [-0.4, -0.2) is 17.3 Å². The van der Waals surface area contributed by atoms with Gasteiger partial charge in [0.15, 0.2) is 4.32 Å². The fourth-order valence-electron chi connectivity index (χ4n) is 2.55. The number of hydrogen-bond acceptors (Lipinski definition) is 4. The van der Waals surface area contributed by atoms with Gasteiger partial charge < -0.3 is 4.74 Å². The quantitative estimate of drug-likeness (QED) is 0.559. The fraction of sp³-hybridized carbons (Fsp3) is 0.100. The van der Waals surface area contributed by atoms with E-state index in [0.29, 0.717) is 20.7 Å². The molecule has 0 bridgehead atoms. The minimum Gasteiger partial charge on any atom is -0.495 e. The van der Waals surface area contributed by atoms with Crippen LogP contribution in [0.3, 0.4) is 0 Å². The lowest BCUT2D eigenvalue weighted by Crippen LogP contribution is -2.27. The van der Waals surface area contributed by atoms with Crippen LogP contribution in [0.15, 0.2) is 71.2 Å². The number of thiocarbonyl (C=S) groups is 1. The number of rotatable bonds is 4. The number of methoxy groups -OCH3 is 1. The van der Waals surface area contributed by atoms with Gasteiger partial charge >= 0.3 is 0 Å². The summed E-state index contributed by atoms with van der Waals surface area (Å²) in [6.07, 6.45) is 3.91. The van der Waals surface area contributed by atoms with E-state index in [4.69, 9.17) is 17.0 Å². The van der Waals surface area contributed by atoms with Crippen molar-refractivity contribution in [2.24, 2.45) is 0 Å². The number of hydrogen-bond donors (Lipinski definition) is 0. The van der Waals surface area contributed by atoms with Crippen molar-refractivity contribution in [1.29, 1.82) is 0 Å². The second kappa shape index (κ2) is 7.68. The molecular weight excluding hydrogens is 350 g/mol. The molecule has 1 aliphatic heterocycles. The SMILES string of the molecule is COc1ccccc1N1C(=O)/C(=C\C(C)=C/c2ccccc2)SC1=S. The van der Waals surface area contributed by atoms with Gasteiger partial charge in [0, 0.05) is 0 Å². The lowest BCUT2D eigenvalue weighted by molar-refractivity contribution is -0.113. The van der Waals surface area contributed by atoms with Gasteiger partial charge in [0.05, 0.1) is 17.7 Å². The van der Waals surface area contributed by atoms with Crippen LogP contribution in [-0.2, 0) is 4.79 Å². The van der Waals surface area contributed by atoms with Gasteiger partial charge in [0.2, 0.25) is 0 Å². The number of ether oxygens (including phenoxy) is 1. The van der Waals surface area contributed by atoms with Crippen molar-refractivity contribution < 1.29 is 9.53 Å². The third-order valence-electron chi connectivity index (χ3n) is 3.67. The van der Waals surface area contributed by atoms with E-state index >= 15 is 0 Å². The van der Waals surface area contributed by atoms with E-state index < -0.39 is 0 Å². The van der Waals surface area contributed by atoms with Crippen LogP contribution in [0.5, 0.6) is 5.75 Å². The van der Waals surface area contributed by atoms with Crippen molar-refractivity contribution >= 4 is 46.0 Å². The normalized spacial score (nSPS) is 16.6. The molecule has 1 amide bonds. The number of carbonyl (C=O) groups excluding carboxylic acids is 1. The number of nitrogens with zero attached hydrogens (tertiary/aromatic N) is 1. The van der Waals surface area contributed by atoms with Crippen molar-refractivity contribution in [3.05, 3.63) is 76.7 Å². The first kappa shape index (κ1) is 17.5. The molecule has 1 aliphatic rings. The molecule has 0 N–H and O–H groups in total. The maximum atomic E-state index is 12.8. The standard InChI is InChI=1S/C20H17NO2S2/c1-14(12-15-8-4-3-5-9-15)13-18-19(22)21(20(24)25-18)16-10-6-7-11-17(16)23-2/h3-13H,1-2H3/b14-12-,18-13+. The molecule has 1 saturated heterocycles. The molecule has 0 spiro atoms. The summed E-state index contributed by atoms with van der Waals surface area (Å²) in [5.74, 6) is 0.497. The topological polar surface area (TPSA) is 29.5 Å². The Hall–Kier alpha value is -2.37. The summed E-state index contributed by atoms with van der Waals surface area (Å²) in [6, 6.07) is 17.4. The average molecular weight is 367 g/mol. The number of thioether (sulfide) groups is 1. The molecule has 5 heteroatoms. The van der Waals surface area contributed by atoms with Crippen LogP contribution in [0.2, 0.25) is 0 Å². The third kappa shape index (κ3) is 3.83. The first-order valence-corrected chi connectivity index (χ1v) is 8.97. The second-order valence-corrected chi connectivity index (χ2v) is 7.16. The van der Waals surface area contributed by atoms with Gasteiger partial charge in [-0.05, 0) is 36.3 Å². The Morgan fingerprint density at radius 2 is 1.80 bits per heavy atom. The van der Waals surface area contributed by atoms with E-state index in [1.54, 1.807) is 7.11 Å². The van der Waals surface area contributed by atoms with Crippen molar-refractivity contribution in [3.8, 4) is 5.75 Å². The van der Waals surface area contributed by atoms with Gasteiger partial charge in [0.25, 0.3) is 5.91 Å². The maximum Gasteiger partial charge on any atom is 0.270 e. The molecule has 0 unspecified atom stereocenters. The Morgan fingerprint density at radius 3 is 2.52 bits per heavy atom. The zero-order valence-electron chi connectivity index (χ0n) is 13.9. The molecule has 1 heterocycles. The van der Waals surface area contributed by atoms with Crippen LogP contribution in [0, 0.1) is 0 Å². The molecule has 3 nitrogen and oxygen atoms in total. The molecule has 25 heavy (non-hydrogen) atoms. The number of para-hydroxylation sites is 2. The molecule has 2 aromatic rings. The zero-order chi connectivity index (χ0) is 17.8. The summed E-state index contributed by atoms with van der Waals surface area (Å²) in [7, 11) is 1.58. The molecule has 0 aliphatic carbocycles. The highest BCUT2D eigenvalue weighted by atomic mass is 32.2. The number of allylic oxidation sites excluding steroid dienone is 2. The monoisotopic (exact) mass is 367 g/mol. The molecule has 1 fully saturated rings. The lowest BCUT2D eigenvalue weighted by Gasteiger charge is -2.17. The molecule has 0 saturated carbocycles. The second-order valence-electron chi connectivity index (χ2n) is 5.49. The average Bonchev–Trinajstić information content (AvgIpc) is 2.89. The van der Waals surface area contributed by atoms with Crippen molar-refractivity contribution in [2.75, 3.05) is 12.0 Å². The van der Waals surface area contributed by atoms with Crippen molar-refractivity contribution in [2.45, 2.75) is 6.92 Å². The minimum atomic E-state index is -0.125. The Labute approximate surface area is 157 Å². The Bertz CT molecular complexity index is 872. The molecule has 0 radical (unpaired) electrons. The predicted octanol–water partition coefficient (Wildman–Crippen LogP) is 5.05. The van der Waals surface area contributed by atoms with Gasteiger partial charge in [0.1, 0.15) is 5.75 Å². The van der Waals surface area contributed by atoms with E-state index in [1.807, 2.05) is 73.7 Å². The largest absolute Gasteiger partial charge is 0.495 e. The summed E-state index contributed by atoms with van der Waals surface area (Å²) < 4.78 is 5.86. The molecule has 0 atom stereocenters. The number of carbonyl (C=O) groups is 1. The highest BCUT2D eigenvalue weighted by Crippen LogP contribution is 2.39. The molecule has 3 rings (SSSR count). The van der Waals surface area contributed by atoms with Crippen LogP contribution in [0.4, 0.5) is 5.69 Å². The summed E-state index contributed by atoms with van der Waals surface area (Å²) in [6.45, 7) is 1.97. The third-order valence-corrected chi connectivity index (χ3v) is 4.97. The Kier molecular flexibility index (Phi) is 5.36. The lowest BCUT2D eigenvalue weighted by atomic mass is 10.1. The van der Waals surface area contributed by atoms with Crippen LogP contribution in [0.1, 0.15) is 12.5 Å². The van der Waals surface area contributed by atoms with E-state index in [-0.39, 0.29) is 5.91 Å². The predicted molar refractivity (Wildman–Crippen MR) is 109 cm³/mol. The van der Waals surface area contributed by atoms with Gasteiger partial charge in [-0.15, -0.1) is 0 Å². The fourth-order valence-corrected chi connectivity index (χ4v) is 3.89. The van der Waals surface area contributed by atoms with Gasteiger partial charge in [-0.3, -0.25) is 9.69 Å². The molecule has 0 aromatic heterocycles. The maximum absolute atomic E-state index is 12.8. The number of benzene rings is 2. The summed E-state index contributed by atoms with van der Waals surface area (Å²) >= 11 is 6.73. The van der Waals surface area contributed by atoms with Gasteiger partial charge in [-0.25, -0.2) is 0 Å². The summed E-state index contributed by atoms with van der Waals surface area (Å²) in [4.78, 5) is 15.0. The Morgan fingerprint density at radius 1 is 1.12 bits per heavy atom. The molecule has 2 aromatic carbocycles. The van der Waals surface area contributed by atoms with Gasteiger partial charge in [-0.2, -0.15) is 0 Å². The van der Waals surface area contributed by atoms with E-state index in [9.17, 15) is 4.79 Å². The highest BCUT2D eigenvalue weighted by Gasteiger charge is 2.34. The number of amides is 1. The van der Waals surface area contributed by atoms with E-state index in [2.05, 4.69) is 0 Å². The first-order valence-electron chi connectivity index (χ1n) is 7.74.